The highest BCUT2D eigenvalue weighted by molar-refractivity contribution is 5.98. The van der Waals surface area contributed by atoms with E-state index in [-0.39, 0.29) is 0 Å². The Morgan fingerprint density at radius 2 is 1.69 bits per heavy atom. The largest absolute Gasteiger partial charge is 0.497 e. The molecule has 29 heavy (non-hydrogen) atoms. The van der Waals surface area contributed by atoms with Crippen molar-refractivity contribution >= 4 is 17.7 Å². The minimum atomic E-state index is -0.844. The lowest BCUT2D eigenvalue weighted by atomic mass is 10.1. The van der Waals surface area contributed by atoms with E-state index in [1.165, 1.54) is 14.2 Å². The molecule has 0 spiro atoms. The standard InChI is InChI=1S/C22H28N2O5/c1-22(2,3)29-21(26)24-18(13-15-9-7-6-8-10-15)20(25)23-17-14-16(27-4)11-12-19(17)28-5/h6-12,14,18H,13H2,1-5H3,(H,23,25)(H,24,26)/t18-/m0/s1. The van der Waals surface area contributed by atoms with E-state index in [0.29, 0.717) is 23.6 Å². The summed E-state index contributed by atoms with van der Waals surface area (Å²) in [6, 6.07) is 13.7. The van der Waals surface area contributed by atoms with Crippen LogP contribution in [0.3, 0.4) is 0 Å². The van der Waals surface area contributed by atoms with Crippen LogP contribution in [0.15, 0.2) is 48.5 Å². The minimum Gasteiger partial charge on any atom is -0.497 e. The molecule has 0 fully saturated rings. The fraction of sp³-hybridized carbons (Fsp3) is 0.364. The van der Waals surface area contributed by atoms with Crippen molar-refractivity contribution in [2.24, 2.45) is 0 Å². The average Bonchev–Trinajstić information content (AvgIpc) is 2.66. The van der Waals surface area contributed by atoms with Crippen LogP contribution in [0, 0.1) is 0 Å². The van der Waals surface area contributed by atoms with Crippen molar-refractivity contribution in [2.45, 2.75) is 38.8 Å². The van der Waals surface area contributed by atoms with Gasteiger partial charge in [0, 0.05) is 12.5 Å². The van der Waals surface area contributed by atoms with Gasteiger partial charge in [-0.2, -0.15) is 0 Å². The quantitative estimate of drug-likeness (QED) is 0.739. The number of ether oxygens (including phenoxy) is 3. The molecule has 7 nitrogen and oxygen atoms in total. The van der Waals surface area contributed by atoms with E-state index in [1.54, 1.807) is 39.0 Å². The molecule has 0 saturated carbocycles. The van der Waals surface area contributed by atoms with Crippen molar-refractivity contribution < 1.29 is 23.8 Å². The van der Waals surface area contributed by atoms with Crippen LogP contribution in [0.25, 0.3) is 0 Å². The molecule has 156 valence electrons. The Morgan fingerprint density at radius 3 is 2.28 bits per heavy atom. The number of nitrogens with one attached hydrogen (secondary N) is 2. The Bertz CT molecular complexity index is 831. The first kappa shape index (κ1) is 22.1. The number of rotatable bonds is 7. The molecule has 0 aliphatic rings. The molecule has 0 radical (unpaired) electrons. The zero-order chi connectivity index (χ0) is 21.4. The van der Waals surface area contributed by atoms with Crippen molar-refractivity contribution in [1.82, 2.24) is 5.32 Å². The van der Waals surface area contributed by atoms with Gasteiger partial charge in [0.1, 0.15) is 23.1 Å². The lowest BCUT2D eigenvalue weighted by Gasteiger charge is -2.23. The molecule has 0 aliphatic carbocycles. The number of carbonyl (C=O) groups is 2. The van der Waals surface area contributed by atoms with Crippen molar-refractivity contribution in [3.63, 3.8) is 0 Å². The average molecular weight is 400 g/mol. The summed E-state index contributed by atoms with van der Waals surface area (Å²) in [5.74, 6) is 0.655. The predicted molar refractivity (Wildman–Crippen MR) is 111 cm³/mol. The predicted octanol–water partition coefficient (Wildman–Crippen LogP) is 3.78. The first-order chi connectivity index (χ1) is 13.7. The molecule has 2 rings (SSSR count). The fourth-order valence-electron chi connectivity index (χ4n) is 2.64. The van der Waals surface area contributed by atoms with Gasteiger partial charge in [0.2, 0.25) is 5.91 Å². The summed E-state index contributed by atoms with van der Waals surface area (Å²) in [6.45, 7) is 5.29. The molecule has 7 heteroatoms. The Kier molecular flexibility index (Phi) is 7.47. The van der Waals surface area contributed by atoms with E-state index in [9.17, 15) is 9.59 Å². The Morgan fingerprint density at radius 1 is 1.00 bits per heavy atom. The molecular weight excluding hydrogens is 372 g/mol. The van der Waals surface area contributed by atoms with Crippen molar-refractivity contribution in [3.05, 3.63) is 54.1 Å². The first-order valence-corrected chi connectivity index (χ1v) is 9.28. The second-order valence-corrected chi connectivity index (χ2v) is 7.44. The summed E-state index contributed by atoms with van der Waals surface area (Å²) in [7, 11) is 3.05. The molecule has 0 aliphatic heterocycles. The van der Waals surface area contributed by atoms with E-state index in [4.69, 9.17) is 14.2 Å². The van der Waals surface area contributed by atoms with Crippen LogP contribution in [-0.2, 0) is 16.0 Å². The SMILES string of the molecule is COc1ccc(OC)c(NC(=O)[C@H](Cc2ccccc2)NC(=O)OC(C)(C)C)c1. The van der Waals surface area contributed by atoms with Crippen LogP contribution in [0.1, 0.15) is 26.3 Å². The molecule has 0 heterocycles. The summed E-state index contributed by atoms with van der Waals surface area (Å²) < 4.78 is 15.8. The van der Waals surface area contributed by atoms with Gasteiger partial charge in [-0.25, -0.2) is 4.79 Å². The minimum absolute atomic E-state index is 0.304. The number of amides is 2. The van der Waals surface area contributed by atoms with Gasteiger partial charge < -0.3 is 24.8 Å². The van der Waals surface area contributed by atoms with E-state index in [0.717, 1.165) is 5.56 Å². The van der Waals surface area contributed by atoms with E-state index in [2.05, 4.69) is 10.6 Å². The van der Waals surface area contributed by atoms with Crippen LogP contribution in [-0.4, -0.2) is 37.9 Å². The van der Waals surface area contributed by atoms with Crippen LogP contribution in [0.2, 0.25) is 0 Å². The fourth-order valence-corrected chi connectivity index (χ4v) is 2.64. The number of alkyl carbamates (subject to hydrolysis) is 1. The summed E-state index contributed by atoms with van der Waals surface area (Å²) in [5, 5.41) is 5.47. The number of hydrogen-bond donors (Lipinski definition) is 2. The number of anilines is 1. The van der Waals surface area contributed by atoms with Crippen LogP contribution >= 0.6 is 0 Å². The van der Waals surface area contributed by atoms with Gasteiger partial charge in [0.25, 0.3) is 0 Å². The summed E-state index contributed by atoms with van der Waals surface area (Å²) in [5.41, 5.74) is 0.677. The molecule has 2 aromatic rings. The first-order valence-electron chi connectivity index (χ1n) is 9.28. The molecule has 2 N–H and O–H groups in total. The van der Waals surface area contributed by atoms with Crippen molar-refractivity contribution in [1.29, 1.82) is 0 Å². The molecule has 2 aromatic carbocycles. The molecule has 0 unspecified atom stereocenters. The number of hydrogen-bond acceptors (Lipinski definition) is 5. The Balaban J connectivity index is 2.22. The highest BCUT2D eigenvalue weighted by atomic mass is 16.6. The van der Waals surface area contributed by atoms with Gasteiger partial charge in [0.05, 0.1) is 19.9 Å². The second-order valence-electron chi connectivity index (χ2n) is 7.44. The van der Waals surface area contributed by atoms with Crippen molar-refractivity contribution in [2.75, 3.05) is 19.5 Å². The lowest BCUT2D eigenvalue weighted by Crippen LogP contribution is -2.47. The highest BCUT2D eigenvalue weighted by Gasteiger charge is 2.25. The monoisotopic (exact) mass is 400 g/mol. The van der Waals surface area contributed by atoms with Crippen LogP contribution in [0.4, 0.5) is 10.5 Å². The highest BCUT2D eigenvalue weighted by Crippen LogP contribution is 2.29. The summed E-state index contributed by atoms with van der Waals surface area (Å²) in [6.07, 6.45) is -0.357. The summed E-state index contributed by atoms with van der Waals surface area (Å²) in [4.78, 5) is 25.3. The van der Waals surface area contributed by atoms with Gasteiger partial charge >= 0.3 is 6.09 Å². The normalized spacial score (nSPS) is 11.9. The Hall–Kier alpha value is -3.22. The Labute approximate surface area is 171 Å². The maximum atomic E-state index is 13.0. The maximum absolute atomic E-state index is 13.0. The third-order valence-electron chi connectivity index (χ3n) is 3.95. The molecular formula is C22H28N2O5. The summed E-state index contributed by atoms with van der Waals surface area (Å²) >= 11 is 0. The van der Waals surface area contributed by atoms with Crippen LogP contribution < -0.4 is 20.1 Å². The van der Waals surface area contributed by atoms with Gasteiger partial charge in [-0.05, 0) is 38.5 Å². The second kappa shape index (κ2) is 9.82. The molecule has 0 bridgehead atoms. The number of methoxy groups -OCH3 is 2. The molecule has 1 atom stereocenters. The van der Waals surface area contributed by atoms with E-state index in [1.807, 2.05) is 30.3 Å². The topological polar surface area (TPSA) is 85.9 Å². The smallest absolute Gasteiger partial charge is 0.408 e. The van der Waals surface area contributed by atoms with Gasteiger partial charge in [-0.1, -0.05) is 30.3 Å². The molecule has 2 amide bonds. The van der Waals surface area contributed by atoms with Gasteiger partial charge in [-0.15, -0.1) is 0 Å². The van der Waals surface area contributed by atoms with Gasteiger partial charge in [0.15, 0.2) is 0 Å². The van der Waals surface area contributed by atoms with Crippen LogP contribution in [0.5, 0.6) is 11.5 Å². The molecule has 0 aromatic heterocycles. The zero-order valence-corrected chi connectivity index (χ0v) is 17.4. The number of carbonyl (C=O) groups excluding carboxylic acids is 2. The third kappa shape index (κ3) is 7.03. The third-order valence-corrected chi connectivity index (χ3v) is 3.95. The van der Waals surface area contributed by atoms with Gasteiger partial charge in [-0.3, -0.25) is 4.79 Å². The maximum Gasteiger partial charge on any atom is 0.408 e. The van der Waals surface area contributed by atoms with E-state index < -0.39 is 23.6 Å². The lowest BCUT2D eigenvalue weighted by molar-refractivity contribution is -0.118. The number of benzene rings is 2. The molecule has 0 saturated heterocycles. The van der Waals surface area contributed by atoms with E-state index >= 15 is 0 Å². The van der Waals surface area contributed by atoms with Crippen molar-refractivity contribution in [3.8, 4) is 11.5 Å². The zero-order valence-electron chi connectivity index (χ0n) is 17.4.